The maximum absolute atomic E-state index is 11.9. The molecule has 3 rings (SSSR count). The summed E-state index contributed by atoms with van der Waals surface area (Å²) in [4.78, 5) is 16.0. The van der Waals surface area contributed by atoms with Crippen LogP contribution in [0, 0.1) is 0 Å². The van der Waals surface area contributed by atoms with Crippen LogP contribution < -0.4 is 0 Å². The molecule has 3 aromatic rings. The minimum atomic E-state index is -0.372. The van der Waals surface area contributed by atoms with E-state index in [-0.39, 0.29) is 5.97 Å². The Morgan fingerprint density at radius 2 is 2.07 bits per heavy atom. The summed E-state index contributed by atoms with van der Waals surface area (Å²) in [6.07, 6.45) is 9.19. The van der Waals surface area contributed by atoms with Crippen LogP contribution in [0.3, 0.4) is 0 Å². The summed E-state index contributed by atoms with van der Waals surface area (Å²) in [5.41, 5.74) is 3.44. The first-order valence-electron chi connectivity index (χ1n) is 8.51. The lowest BCUT2D eigenvalue weighted by Gasteiger charge is -2.15. The van der Waals surface area contributed by atoms with Crippen LogP contribution in [0.25, 0.3) is 22.9 Å². The molecule has 0 bridgehead atoms. The third-order valence-corrected chi connectivity index (χ3v) is 4.45. The Balaban J connectivity index is 2.10. The molecule has 6 heteroatoms. The normalized spacial score (nSPS) is 11.1. The van der Waals surface area contributed by atoms with Gasteiger partial charge < -0.3 is 9.30 Å². The zero-order chi connectivity index (χ0) is 19.2. The second-order valence-corrected chi connectivity index (χ2v) is 6.68. The van der Waals surface area contributed by atoms with E-state index in [2.05, 4.69) is 4.98 Å². The molecule has 0 amide bonds. The van der Waals surface area contributed by atoms with Crippen LogP contribution in [0.2, 0.25) is 10.0 Å². The predicted molar refractivity (Wildman–Crippen MR) is 109 cm³/mol. The lowest BCUT2D eigenvalue weighted by molar-refractivity contribution is -0.137. The van der Waals surface area contributed by atoms with Crippen molar-refractivity contribution in [3.63, 3.8) is 0 Å². The zero-order valence-electron chi connectivity index (χ0n) is 14.7. The number of benzene rings is 2. The third kappa shape index (κ3) is 4.59. The summed E-state index contributed by atoms with van der Waals surface area (Å²) in [6, 6.07) is 11.2. The first kappa shape index (κ1) is 19.2. The number of halogens is 2. The smallest absolute Gasteiger partial charge is 0.330 e. The molecular weight excluding hydrogens is 383 g/mol. The van der Waals surface area contributed by atoms with E-state index in [9.17, 15) is 4.79 Å². The molecule has 1 aromatic heterocycles. The van der Waals surface area contributed by atoms with Gasteiger partial charge in [-0.2, -0.15) is 0 Å². The summed E-state index contributed by atoms with van der Waals surface area (Å²) in [5.74, 6) is -0.372. The summed E-state index contributed by atoms with van der Waals surface area (Å²) in [6.45, 7) is 2.35. The minimum absolute atomic E-state index is 0.372. The number of nitrogens with zero attached hydrogens (tertiary/aromatic N) is 2. The number of carbonyl (C=O) groups excluding carboxylic acids is 1. The van der Waals surface area contributed by atoms with Crippen molar-refractivity contribution >= 4 is 35.2 Å². The van der Waals surface area contributed by atoms with Crippen LogP contribution in [-0.2, 0) is 9.53 Å². The molecule has 0 aliphatic rings. The first-order valence-corrected chi connectivity index (χ1v) is 9.27. The highest BCUT2D eigenvalue weighted by Gasteiger charge is 2.14. The number of hydrogen-bond acceptors (Lipinski definition) is 3. The molecule has 0 atom stereocenters. The quantitative estimate of drug-likeness (QED) is 0.387. The highest BCUT2D eigenvalue weighted by Crippen LogP contribution is 2.36. The Morgan fingerprint density at radius 3 is 2.78 bits per heavy atom. The maximum atomic E-state index is 11.9. The van der Waals surface area contributed by atoms with E-state index in [0.29, 0.717) is 16.7 Å². The van der Waals surface area contributed by atoms with E-state index in [0.717, 1.165) is 28.8 Å². The van der Waals surface area contributed by atoms with Crippen molar-refractivity contribution in [2.24, 2.45) is 0 Å². The van der Waals surface area contributed by atoms with Gasteiger partial charge in [0.25, 0.3) is 0 Å². The van der Waals surface area contributed by atoms with Gasteiger partial charge in [0, 0.05) is 39.6 Å². The minimum Gasteiger partial charge on any atom is -0.463 e. The summed E-state index contributed by atoms with van der Waals surface area (Å²) >= 11 is 12.5. The summed E-state index contributed by atoms with van der Waals surface area (Å²) in [5, 5.41) is 1.12. The monoisotopic (exact) mass is 400 g/mol. The average Bonchev–Trinajstić information content (AvgIpc) is 3.18. The van der Waals surface area contributed by atoms with Gasteiger partial charge in [-0.1, -0.05) is 54.4 Å². The number of carbonyl (C=O) groups is 1. The molecule has 0 radical (unpaired) electrons. The fourth-order valence-corrected chi connectivity index (χ4v) is 3.22. The SMILES string of the molecule is CCCOC(=O)/C=C/c1cccc(-c2ccc(Cl)cc2Cl)c1-n1ccnc1. The van der Waals surface area contributed by atoms with E-state index >= 15 is 0 Å². The molecule has 0 spiro atoms. The van der Waals surface area contributed by atoms with Crippen molar-refractivity contribution in [1.82, 2.24) is 9.55 Å². The van der Waals surface area contributed by atoms with Gasteiger partial charge in [-0.05, 0) is 30.2 Å². The second kappa shape index (κ2) is 8.89. The molecule has 0 saturated heterocycles. The Morgan fingerprint density at radius 1 is 1.22 bits per heavy atom. The van der Waals surface area contributed by atoms with Crippen molar-refractivity contribution in [3.8, 4) is 16.8 Å². The van der Waals surface area contributed by atoms with Gasteiger partial charge in [-0.3, -0.25) is 0 Å². The Labute approximate surface area is 168 Å². The molecule has 0 N–H and O–H groups in total. The average molecular weight is 401 g/mol. The van der Waals surface area contributed by atoms with Crippen LogP contribution in [0.1, 0.15) is 18.9 Å². The van der Waals surface area contributed by atoms with Crippen molar-refractivity contribution in [2.45, 2.75) is 13.3 Å². The number of aromatic nitrogens is 2. The van der Waals surface area contributed by atoms with Gasteiger partial charge in [-0.15, -0.1) is 0 Å². The Hall–Kier alpha value is -2.56. The van der Waals surface area contributed by atoms with Crippen LogP contribution in [0.5, 0.6) is 0 Å². The van der Waals surface area contributed by atoms with Gasteiger partial charge >= 0.3 is 5.97 Å². The van der Waals surface area contributed by atoms with Crippen LogP contribution in [-0.4, -0.2) is 22.1 Å². The van der Waals surface area contributed by atoms with Crippen LogP contribution in [0.15, 0.2) is 61.2 Å². The van der Waals surface area contributed by atoms with Gasteiger partial charge in [0.15, 0.2) is 0 Å². The number of ether oxygens (including phenoxy) is 1. The lowest BCUT2D eigenvalue weighted by atomic mass is 9.99. The molecule has 4 nitrogen and oxygen atoms in total. The summed E-state index contributed by atoms with van der Waals surface area (Å²) < 4.78 is 7.00. The van der Waals surface area contributed by atoms with Gasteiger partial charge in [0.1, 0.15) is 0 Å². The van der Waals surface area contributed by atoms with Crippen molar-refractivity contribution in [3.05, 3.63) is 76.8 Å². The second-order valence-electron chi connectivity index (χ2n) is 5.84. The number of para-hydroxylation sites is 1. The fourth-order valence-electron chi connectivity index (χ4n) is 2.71. The molecule has 27 heavy (non-hydrogen) atoms. The number of hydrogen-bond donors (Lipinski definition) is 0. The molecule has 0 unspecified atom stereocenters. The van der Waals surface area contributed by atoms with Gasteiger partial charge in [0.2, 0.25) is 0 Å². The molecule has 1 heterocycles. The zero-order valence-corrected chi connectivity index (χ0v) is 16.2. The van der Waals surface area contributed by atoms with E-state index in [1.807, 2.05) is 42.0 Å². The third-order valence-electron chi connectivity index (χ3n) is 3.90. The topological polar surface area (TPSA) is 44.1 Å². The molecule has 0 aliphatic heterocycles. The molecule has 138 valence electrons. The number of esters is 1. The van der Waals surface area contributed by atoms with Crippen molar-refractivity contribution in [2.75, 3.05) is 6.61 Å². The molecule has 0 aliphatic carbocycles. The largest absolute Gasteiger partial charge is 0.463 e. The maximum Gasteiger partial charge on any atom is 0.330 e. The molecule has 0 saturated carbocycles. The number of imidazole rings is 1. The molecule has 0 fully saturated rings. The Kier molecular flexibility index (Phi) is 6.32. The van der Waals surface area contributed by atoms with E-state index < -0.39 is 0 Å². The highest BCUT2D eigenvalue weighted by molar-refractivity contribution is 6.36. The van der Waals surface area contributed by atoms with Gasteiger partial charge in [-0.25, -0.2) is 9.78 Å². The first-order chi connectivity index (χ1) is 13.1. The van der Waals surface area contributed by atoms with Crippen molar-refractivity contribution in [1.29, 1.82) is 0 Å². The fraction of sp³-hybridized carbons (Fsp3) is 0.143. The van der Waals surface area contributed by atoms with E-state index in [1.54, 1.807) is 30.7 Å². The summed E-state index contributed by atoms with van der Waals surface area (Å²) in [7, 11) is 0. The number of rotatable bonds is 6. The highest BCUT2D eigenvalue weighted by atomic mass is 35.5. The van der Waals surface area contributed by atoms with Crippen LogP contribution >= 0.6 is 23.2 Å². The van der Waals surface area contributed by atoms with Crippen LogP contribution in [0.4, 0.5) is 0 Å². The Bertz CT molecular complexity index is 966. The van der Waals surface area contributed by atoms with Gasteiger partial charge in [0.05, 0.1) is 18.6 Å². The predicted octanol–water partition coefficient (Wildman–Crippen LogP) is 5.81. The molecular formula is C21H18Cl2N2O2. The van der Waals surface area contributed by atoms with Crippen molar-refractivity contribution < 1.29 is 9.53 Å². The van der Waals surface area contributed by atoms with E-state index in [4.69, 9.17) is 27.9 Å². The lowest BCUT2D eigenvalue weighted by Crippen LogP contribution is -2.02. The standard InChI is InChI=1S/C21H18Cl2N2O2/c1-2-12-27-20(26)9-6-15-4-3-5-18(21(15)25-11-10-24-14-25)17-8-7-16(22)13-19(17)23/h3-11,13-14H,2,12H2,1H3/b9-6+. The molecule has 2 aromatic carbocycles. The van der Waals surface area contributed by atoms with E-state index in [1.165, 1.54) is 6.08 Å².